The standard InChI is InChI=1S/C26H37F3N2O2/c1-18(2)25(11-6-23(17-25)30-22-9-14-33-15-10-22)24(32)31-12-7-19(8-13-31)20-4-3-5-21(16-20)26(27,28)29/h3-5,16,18-19,22-23,30H,6-15,17H2,1-2H3/t23-,25+/m1/s1. The molecule has 1 aromatic rings. The molecule has 1 saturated carbocycles. The highest BCUT2D eigenvalue weighted by molar-refractivity contribution is 5.83. The Morgan fingerprint density at radius 2 is 1.79 bits per heavy atom. The number of piperidine rings is 1. The van der Waals surface area contributed by atoms with Crippen LogP contribution < -0.4 is 5.32 Å². The molecule has 1 aliphatic carbocycles. The van der Waals surface area contributed by atoms with E-state index in [4.69, 9.17) is 4.74 Å². The number of ether oxygens (including phenoxy) is 1. The van der Waals surface area contributed by atoms with Crippen LogP contribution in [-0.2, 0) is 15.7 Å². The molecule has 1 aromatic carbocycles. The number of likely N-dealkylation sites (tertiary alicyclic amines) is 1. The molecule has 7 heteroatoms. The van der Waals surface area contributed by atoms with Crippen molar-refractivity contribution >= 4 is 5.91 Å². The molecule has 4 nitrogen and oxygen atoms in total. The Hall–Kier alpha value is -1.60. The van der Waals surface area contributed by atoms with Crippen LogP contribution in [0.2, 0.25) is 0 Å². The van der Waals surface area contributed by atoms with Gasteiger partial charge in [0.15, 0.2) is 0 Å². The summed E-state index contributed by atoms with van der Waals surface area (Å²) in [6, 6.07) is 6.53. The number of carbonyl (C=O) groups is 1. The highest BCUT2D eigenvalue weighted by Crippen LogP contribution is 2.47. The number of rotatable bonds is 5. The van der Waals surface area contributed by atoms with E-state index in [1.807, 2.05) is 4.90 Å². The fraction of sp³-hybridized carbons (Fsp3) is 0.731. The predicted molar refractivity (Wildman–Crippen MR) is 122 cm³/mol. The second-order valence-electron chi connectivity index (χ2n) is 10.5. The maximum absolute atomic E-state index is 13.8. The van der Waals surface area contributed by atoms with Crippen molar-refractivity contribution in [2.45, 2.75) is 83.0 Å². The number of nitrogens with zero attached hydrogens (tertiary/aromatic N) is 1. The second kappa shape index (κ2) is 9.95. The van der Waals surface area contributed by atoms with Crippen molar-refractivity contribution in [2.75, 3.05) is 26.3 Å². The Morgan fingerprint density at radius 1 is 1.09 bits per heavy atom. The molecule has 2 heterocycles. The normalized spacial score (nSPS) is 27.9. The van der Waals surface area contributed by atoms with Crippen LogP contribution in [-0.4, -0.2) is 49.2 Å². The lowest BCUT2D eigenvalue weighted by atomic mass is 9.73. The maximum Gasteiger partial charge on any atom is 0.416 e. The number of amides is 1. The van der Waals surface area contributed by atoms with Crippen molar-refractivity contribution in [3.05, 3.63) is 35.4 Å². The van der Waals surface area contributed by atoms with Crippen LogP contribution >= 0.6 is 0 Å². The van der Waals surface area contributed by atoms with Crippen LogP contribution in [0.25, 0.3) is 0 Å². The lowest BCUT2D eigenvalue weighted by Gasteiger charge is -2.41. The van der Waals surface area contributed by atoms with Crippen molar-refractivity contribution in [1.82, 2.24) is 10.2 Å². The number of nitrogens with one attached hydrogen (secondary N) is 1. The Kier molecular flexibility index (Phi) is 7.39. The zero-order valence-electron chi connectivity index (χ0n) is 19.8. The first kappa shape index (κ1) is 24.5. The Morgan fingerprint density at radius 3 is 2.42 bits per heavy atom. The van der Waals surface area contributed by atoms with Crippen LogP contribution in [0.1, 0.15) is 75.8 Å². The highest BCUT2D eigenvalue weighted by atomic mass is 19.4. The summed E-state index contributed by atoms with van der Waals surface area (Å²) >= 11 is 0. The minimum atomic E-state index is -4.33. The molecule has 0 spiro atoms. The Balaban J connectivity index is 1.37. The Bertz CT molecular complexity index is 814. The van der Waals surface area contributed by atoms with E-state index < -0.39 is 11.7 Å². The van der Waals surface area contributed by atoms with E-state index in [0.29, 0.717) is 38.0 Å². The molecule has 4 rings (SSSR count). The van der Waals surface area contributed by atoms with E-state index in [-0.39, 0.29) is 23.2 Å². The van der Waals surface area contributed by atoms with Gasteiger partial charge in [-0.2, -0.15) is 13.2 Å². The maximum atomic E-state index is 13.8. The monoisotopic (exact) mass is 466 g/mol. The van der Waals surface area contributed by atoms with Crippen LogP contribution in [0.15, 0.2) is 24.3 Å². The summed E-state index contributed by atoms with van der Waals surface area (Å²) < 4.78 is 44.8. The molecule has 3 aliphatic rings. The van der Waals surface area contributed by atoms with Gasteiger partial charge in [-0.05, 0) is 68.4 Å². The average Bonchev–Trinajstić information content (AvgIpc) is 3.24. The first-order valence-electron chi connectivity index (χ1n) is 12.5. The predicted octanol–water partition coefficient (Wildman–Crippen LogP) is 5.37. The minimum Gasteiger partial charge on any atom is -0.381 e. The summed E-state index contributed by atoms with van der Waals surface area (Å²) in [4.78, 5) is 15.7. The van der Waals surface area contributed by atoms with Crippen molar-refractivity contribution < 1.29 is 22.7 Å². The summed E-state index contributed by atoms with van der Waals surface area (Å²) in [7, 11) is 0. The molecule has 0 bridgehead atoms. The third-order valence-corrected chi connectivity index (χ3v) is 8.24. The van der Waals surface area contributed by atoms with Gasteiger partial charge < -0.3 is 15.0 Å². The molecule has 184 valence electrons. The molecule has 33 heavy (non-hydrogen) atoms. The fourth-order valence-electron chi connectivity index (χ4n) is 6.08. The largest absolute Gasteiger partial charge is 0.416 e. The summed E-state index contributed by atoms with van der Waals surface area (Å²) in [5, 5.41) is 3.79. The van der Waals surface area contributed by atoms with E-state index in [9.17, 15) is 18.0 Å². The molecule has 2 atom stereocenters. The molecule has 2 saturated heterocycles. The molecule has 2 aliphatic heterocycles. The zero-order valence-corrected chi connectivity index (χ0v) is 19.8. The first-order valence-corrected chi connectivity index (χ1v) is 12.5. The molecular formula is C26H37F3N2O2. The van der Waals surface area contributed by atoms with Gasteiger partial charge in [-0.1, -0.05) is 32.0 Å². The van der Waals surface area contributed by atoms with Gasteiger partial charge in [0.25, 0.3) is 0 Å². The van der Waals surface area contributed by atoms with Gasteiger partial charge in [0.05, 0.1) is 11.0 Å². The van der Waals surface area contributed by atoms with E-state index in [0.717, 1.165) is 56.9 Å². The quantitative estimate of drug-likeness (QED) is 0.634. The number of alkyl halides is 3. The van der Waals surface area contributed by atoms with Gasteiger partial charge >= 0.3 is 6.18 Å². The third-order valence-electron chi connectivity index (χ3n) is 8.24. The SMILES string of the molecule is CC(C)[C@]1(C(=O)N2CCC(c3cccc(C(F)(F)F)c3)CC2)CC[C@@H](NC2CCOCC2)C1. The van der Waals surface area contributed by atoms with E-state index >= 15 is 0 Å². The van der Waals surface area contributed by atoms with Gasteiger partial charge in [-0.3, -0.25) is 4.79 Å². The molecule has 0 radical (unpaired) electrons. The first-order chi connectivity index (χ1) is 15.7. The van der Waals surface area contributed by atoms with Crippen molar-refractivity contribution in [3.63, 3.8) is 0 Å². The number of carbonyl (C=O) groups excluding carboxylic acids is 1. The average molecular weight is 467 g/mol. The molecular weight excluding hydrogens is 429 g/mol. The number of hydrogen-bond donors (Lipinski definition) is 1. The van der Waals surface area contributed by atoms with Gasteiger partial charge in [-0.15, -0.1) is 0 Å². The molecule has 0 unspecified atom stereocenters. The summed E-state index contributed by atoms with van der Waals surface area (Å²) in [6.45, 7) is 7.16. The number of halogens is 3. The topological polar surface area (TPSA) is 41.6 Å². The summed E-state index contributed by atoms with van der Waals surface area (Å²) in [6.07, 6.45) is 1.95. The van der Waals surface area contributed by atoms with Gasteiger partial charge in [-0.25, -0.2) is 0 Å². The number of hydrogen-bond acceptors (Lipinski definition) is 3. The molecule has 0 aromatic heterocycles. The van der Waals surface area contributed by atoms with E-state index in [1.165, 1.54) is 12.1 Å². The van der Waals surface area contributed by atoms with Crippen LogP contribution in [0.5, 0.6) is 0 Å². The van der Waals surface area contributed by atoms with Crippen molar-refractivity contribution in [1.29, 1.82) is 0 Å². The van der Waals surface area contributed by atoms with Gasteiger partial charge in [0.1, 0.15) is 0 Å². The van der Waals surface area contributed by atoms with E-state index in [1.54, 1.807) is 6.07 Å². The zero-order chi connectivity index (χ0) is 23.6. The molecule has 1 amide bonds. The van der Waals surface area contributed by atoms with E-state index in [2.05, 4.69) is 19.2 Å². The highest BCUT2D eigenvalue weighted by Gasteiger charge is 2.49. The molecule has 1 N–H and O–H groups in total. The van der Waals surface area contributed by atoms with Crippen molar-refractivity contribution in [3.8, 4) is 0 Å². The van der Waals surface area contributed by atoms with Crippen molar-refractivity contribution in [2.24, 2.45) is 11.3 Å². The minimum absolute atomic E-state index is 0.0675. The van der Waals surface area contributed by atoms with Crippen LogP contribution in [0, 0.1) is 11.3 Å². The van der Waals surface area contributed by atoms with Crippen LogP contribution in [0.4, 0.5) is 13.2 Å². The lowest BCUT2D eigenvalue weighted by Crippen LogP contribution is -2.49. The second-order valence-corrected chi connectivity index (χ2v) is 10.5. The smallest absolute Gasteiger partial charge is 0.381 e. The summed E-state index contributed by atoms with van der Waals surface area (Å²) in [5.74, 6) is 0.571. The van der Waals surface area contributed by atoms with Crippen LogP contribution in [0.3, 0.4) is 0 Å². The fourth-order valence-corrected chi connectivity index (χ4v) is 6.08. The van der Waals surface area contributed by atoms with Gasteiger partial charge in [0.2, 0.25) is 5.91 Å². The third kappa shape index (κ3) is 5.40. The Labute approximate surface area is 195 Å². The number of benzene rings is 1. The lowest BCUT2D eigenvalue weighted by molar-refractivity contribution is -0.146. The van der Waals surface area contributed by atoms with Gasteiger partial charge in [0, 0.05) is 38.4 Å². The summed E-state index contributed by atoms with van der Waals surface area (Å²) in [5.41, 5.74) is -0.199. The molecule has 3 fully saturated rings.